The Morgan fingerprint density at radius 2 is 1.88 bits per heavy atom. The maximum absolute atomic E-state index is 12.9. The van der Waals surface area contributed by atoms with Crippen molar-refractivity contribution < 1.29 is 18.0 Å². The summed E-state index contributed by atoms with van der Waals surface area (Å²) < 4.78 is 38.7. The average molecular weight is 365 g/mol. The van der Waals surface area contributed by atoms with Crippen LogP contribution in [0.1, 0.15) is 37.8 Å². The van der Waals surface area contributed by atoms with Crippen molar-refractivity contribution in [1.82, 2.24) is 4.90 Å². The fourth-order valence-electron chi connectivity index (χ4n) is 2.89. The monoisotopic (exact) mass is 364 g/mol. The van der Waals surface area contributed by atoms with E-state index in [1.165, 1.54) is 6.07 Å². The van der Waals surface area contributed by atoms with E-state index in [2.05, 4.69) is 0 Å². The number of likely N-dealkylation sites (N-methyl/N-ethyl adjacent to an activating group) is 1. The Morgan fingerprint density at radius 1 is 1.29 bits per heavy atom. The molecule has 24 heavy (non-hydrogen) atoms. The highest BCUT2D eigenvalue weighted by Crippen LogP contribution is 2.50. The molecule has 0 saturated heterocycles. The molecule has 0 aromatic heterocycles. The minimum Gasteiger partial charge on any atom is -0.344 e. The first-order valence-electron chi connectivity index (χ1n) is 7.65. The Labute approximate surface area is 146 Å². The molecule has 0 radical (unpaired) electrons. The lowest BCUT2D eigenvalue weighted by Gasteiger charge is -2.31. The molecular weight excluding hydrogens is 341 g/mol. The van der Waals surface area contributed by atoms with Gasteiger partial charge in [0.05, 0.1) is 11.0 Å². The van der Waals surface area contributed by atoms with Gasteiger partial charge in [-0.2, -0.15) is 13.2 Å². The lowest BCUT2D eigenvalue weighted by atomic mass is 9.90. The first-order valence-corrected chi connectivity index (χ1v) is 7.65. The highest BCUT2D eigenvalue weighted by Gasteiger charge is 2.53. The van der Waals surface area contributed by atoms with E-state index in [9.17, 15) is 18.0 Å². The van der Waals surface area contributed by atoms with E-state index >= 15 is 0 Å². The predicted molar refractivity (Wildman–Crippen MR) is 90.1 cm³/mol. The topological polar surface area (TPSA) is 46.3 Å². The molecule has 0 aliphatic heterocycles. The molecule has 1 aliphatic rings. The molecule has 0 unspecified atom stereocenters. The largest absolute Gasteiger partial charge is 0.416 e. The lowest BCUT2D eigenvalue weighted by molar-refractivity contribution is -0.138. The third-order valence-electron chi connectivity index (χ3n) is 4.47. The van der Waals surface area contributed by atoms with Gasteiger partial charge >= 0.3 is 6.18 Å². The number of carbonyl (C=O) groups is 1. The zero-order valence-electron chi connectivity index (χ0n) is 14.1. The lowest BCUT2D eigenvalue weighted by Crippen LogP contribution is -2.44. The number of hydrogen-bond acceptors (Lipinski definition) is 2. The summed E-state index contributed by atoms with van der Waals surface area (Å²) in [4.78, 5) is 14.4. The molecule has 0 bridgehead atoms. The molecule has 1 fully saturated rings. The molecule has 3 nitrogen and oxygen atoms in total. The molecule has 2 N–H and O–H groups in total. The van der Waals surface area contributed by atoms with Crippen LogP contribution < -0.4 is 5.73 Å². The summed E-state index contributed by atoms with van der Waals surface area (Å²) in [6, 6.07) is 5.12. The second-order valence-corrected chi connectivity index (χ2v) is 7.19. The zero-order chi connectivity index (χ0) is 17.5. The molecule has 1 saturated carbocycles. The quantitative estimate of drug-likeness (QED) is 0.867. The first kappa shape index (κ1) is 20.8. The number of rotatable bonds is 5. The summed E-state index contributed by atoms with van der Waals surface area (Å²) in [6.45, 7) is 4.82. The summed E-state index contributed by atoms with van der Waals surface area (Å²) in [6.07, 6.45) is -3.23. The molecule has 1 aromatic carbocycles. The van der Waals surface area contributed by atoms with Gasteiger partial charge in [0.2, 0.25) is 5.91 Å². The van der Waals surface area contributed by atoms with Crippen LogP contribution in [-0.4, -0.2) is 30.9 Å². The van der Waals surface area contributed by atoms with Gasteiger partial charge in [0, 0.05) is 13.6 Å². The number of carbonyl (C=O) groups excluding carboxylic acids is 1. The molecule has 1 aliphatic carbocycles. The van der Waals surface area contributed by atoms with Crippen LogP contribution in [0.5, 0.6) is 0 Å². The van der Waals surface area contributed by atoms with E-state index in [-0.39, 0.29) is 23.7 Å². The minimum absolute atomic E-state index is 0. The summed E-state index contributed by atoms with van der Waals surface area (Å²) in [5, 5.41) is 0. The van der Waals surface area contributed by atoms with Crippen molar-refractivity contribution in [2.75, 3.05) is 20.1 Å². The Bertz CT molecular complexity index is 598. The highest BCUT2D eigenvalue weighted by molar-refractivity contribution is 5.91. The van der Waals surface area contributed by atoms with E-state index in [1.54, 1.807) is 18.0 Å². The van der Waals surface area contributed by atoms with E-state index in [0.717, 1.165) is 12.1 Å². The van der Waals surface area contributed by atoms with Crippen LogP contribution in [0.2, 0.25) is 0 Å². The normalized spacial score (nSPS) is 16.3. The zero-order valence-corrected chi connectivity index (χ0v) is 14.9. The summed E-state index contributed by atoms with van der Waals surface area (Å²) in [5.41, 5.74) is 4.41. The number of alkyl halides is 3. The number of nitrogens with zero attached hydrogens (tertiary/aromatic N) is 1. The fraction of sp³-hybridized carbons (Fsp3) is 0.588. The van der Waals surface area contributed by atoms with Crippen LogP contribution in [0.4, 0.5) is 13.2 Å². The van der Waals surface area contributed by atoms with E-state index in [1.807, 2.05) is 13.8 Å². The highest BCUT2D eigenvalue weighted by atomic mass is 35.5. The minimum atomic E-state index is -4.40. The van der Waals surface area contributed by atoms with Crippen molar-refractivity contribution in [3.8, 4) is 0 Å². The number of amides is 1. The van der Waals surface area contributed by atoms with Crippen molar-refractivity contribution in [3.05, 3.63) is 35.4 Å². The van der Waals surface area contributed by atoms with Crippen LogP contribution in [0, 0.1) is 5.41 Å². The molecule has 0 atom stereocenters. The van der Waals surface area contributed by atoms with Crippen molar-refractivity contribution in [2.45, 2.75) is 38.3 Å². The van der Waals surface area contributed by atoms with Crippen molar-refractivity contribution in [3.63, 3.8) is 0 Å². The molecule has 2 rings (SSSR count). The number of hydrogen-bond donors (Lipinski definition) is 1. The van der Waals surface area contributed by atoms with E-state index in [0.29, 0.717) is 31.5 Å². The van der Waals surface area contributed by atoms with Crippen LogP contribution in [-0.2, 0) is 16.4 Å². The van der Waals surface area contributed by atoms with Crippen LogP contribution >= 0.6 is 12.4 Å². The van der Waals surface area contributed by atoms with Crippen LogP contribution in [0.3, 0.4) is 0 Å². The van der Waals surface area contributed by atoms with Gasteiger partial charge in [0.15, 0.2) is 0 Å². The van der Waals surface area contributed by atoms with Crippen molar-refractivity contribution in [1.29, 1.82) is 0 Å². The number of benzene rings is 1. The van der Waals surface area contributed by atoms with E-state index < -0.39 is 17.2 Å². The Kier molecular flexibility index (Phi) is 5.99. The van der Waals surface area contributed by atoms with Crippen LogP contribution in [0.15, 0.2) is 24.3 Å². The Morgan fingerprint density at radius 3 is 2.33 bits per heavy atom. The third-order valence-corrected chi connectivity index (χ3v) is 4.47. The Hall–Kier alpha value is -1.27. The second-order valence-electron chi connectivity index (χ2n) is 7.19. The van der Waals surface area contributed by atoms with Gasteiger partial charge in [0.25, 0.3) is 0 Å². The standard InChI is InChI=1S/C17H23F3N2O.ClH/c1-15(2,10-21)11-22(3)14(23)16(7-8-16)12-5-4-6-13(9-12)17(18,19)20;/h4-6,9H,7-8,10-11,21H2,1-3H3;1H. The van der Waals surface area contributed by atoms with E-state index in [4.69, 9.17) is 5.73 Å². The van der Waals surface area contributed by atoms with Crippen molar-refractivity contribution in [2.24, 2.45) is 11.1 Å². The SMILES string of the molecule is CN(CC(C)(C)CN)C(=O)C1(c2cccc(C(F)(F)F)c2)CC1.Cl. The molecule has 0 heterocycles. The summed E-state index contributed by atoms with van der Waals surface area (Å²) in [7, 11) is 1.69. The summed E-state index contributed by atoms with van der Waals surface area (Å²) in [5.74, 6) is -0.127. The molecule has 1 aromatic rings. The van der Waals surface area contributed by atoms with Gasteiger partial charge in [-0.3, -0.25) is 4.79 Å². The third kappa shape index (κ3) is 4.22. The smallest absolute Gasteiger partial charge is 0.344 e. The van der Waals surface area contributed by atoms with Gasteiger partial charge in [0.1, 0.15) is 0 Å². The first-order chi connectivity index (χ1) is 10.5. The second kappa shape index (κ2) is 6.92. The molecular formula is C17H24ClF3N2O. The summed E-state index contributed by atoms with van der Waals surface area (Å²) >= 11 is 0. The van der Waals surface area contributed by atoms with Gasteiger partial charge in [-0.15, -0.1) is 12.4 Å². The molecule has 1 amide bonds. The fourth-order valence-corrected chi connectivity index (χ4v) is 2.89. The average Bonchev–Trinajstić information content (AvgIpc) is 3.27. The maximum Gasteiger partial charge on any atom is 0.416 e. The Balaban J connectivity index is 0.00000288. The van der Waals surface area contributed by atoms with Gasteiger partial charge in [-0.1, -0.05) is 32.0 Å². The van der Waals surface area contributed by atoms with Crippen molar-refractivity contribution >= 4 is 18.3 Å². The van der Waals surface area contributed by atoms with Gasteiger partial charge in [-0.05, 0) is 36.4 Å². The van der Waals surface area contributed by atoms with Crippen LogP contribution in [0.25, 0.3) is 0 Å². The molecule has 136 valence electrons. The van der Waals surface area contributed by atoms with Gasteiger partial charge in [-0.25, -0.2) is 0 Å². The molecule has 0 spiro atoms. The predicted octanol–water partition coefficient (Wildman–Crippen LogP) is 3.60. The molecule has 7 heteroatoms. The van der Waals surface area contributed by atoms with Gasteiger partial charge < -0.3 is 10.6 Å². The number of halogens is 4. The maximum atomic E-state index is 12.9. The number of nitrogens with two attached hydrogens (primary N) is 1.